The Labute approximate surface area is 155 Å². The van der Waals surface area contributed by atoms with Gasteiger partial charge in [0.2, 0.25) is 0 Å². The predicted octanol–water partition coefficient (Wildman–Crippen LogP) is 3.04. The lowest BCUT2D eigenvalue weighted by Crippen LogP contribution is -2.47. The number of carbonyl (C=O) groups excluding carboxylic acids is 1. The summed E-state index contributed by atoms with van der Waals surface area (Å²) in [6.07, 6.45) is 5.61. The SMILES string of the molecule is COCC1(CNC(=O)c2cc3c(s2)CCC(C)C3)CCNCC1.Cl. The summed E-state index contributed by atoms with van der Waals surface area (Å²) in [6.45, 7) is 5.73. The van der Waals surface area contributed by atoms with Gasteiger partial charge in [-0.3, -0.25) is 4.79 Å². The number of halogens is 1. The molecule has 1 aromatic heterocycles. The number of fused-ring (bicyclic) bond motifs is 1. The zero-order chi connectivity index (χ0) is 16.3. The molecule has 0 radical (unpaired) electrons. The minimum absolute atomic E-state index is 0. The van der Waals surface area contributed by atoms with Crippen LogP contribution in [0.4, 0.5) is 0 Å². The maximum atomic E-state index is 12.6. The first-order valence-electron chi connectivity index (χ1n) is 8.71. The van der Waals surface area contributed by atoms with Crippen molar-refractivity contribution in [1.29, 1.82) is 0 Å². The van der Waals surface area contributed by atoms with Gasteiger partial charge < -0.3 is 15.4 Å². The van der Waals surface area contributed by atoms with E-state index in [4.69, 9.17) is 4.74 Å². The normalized spacial score (nSPS) is 22.3. The minimum Gasteiger partial charge on any atom is -0.384 e. The highest BCUT2D eigenvalue weighted by Gasteiger charge is 2.33. The molecule has 0 saturated carbocycles. The number of aryl methyl sites for hydroxylation is 1. The standard InChI is InChI=1S/C18H28N2O2S.ClH/c1-13-3-4-15-14(9-13)10-16(23-15)17(21)20-11-18(12-22-2)5-7-19-8-6-18;/h10,13,19H,3-9,11-12H2,1-2H3,(H,20,21);1H. The molecule has 3 rings (SSSR count). The summed E-state index contributed by atoms with van der Waals surface area (Å²) < 4.78 is 5.42. The Morgan fingerprint density at radius 3 is 2.92 bits per heavy atom. The Morgan fingerprint density at radius 2 is 2.21 bits per heavy atom. The van der Waals surface area contributed by atoms with E-state index >= 15 is 0 Å². The Hall–Kier alpha value is -0.620. The summed E-state index contributed by atoms with van der Waals surface area (Å²) in [6, 6.07) is 2.12. The fraction of sp³-hybridized carbons (Fsp3) is 0.722. The van der Waals surface area contributed by atoms with Gasteiger partial charge in [0.15, 0.2) is 0 Å². The van der Waals surface area contributed by atoms with Crippen LogP contribution in [-0.4, -0.2) is 39.3 Å². The Kier molecular flexibility index (Phi) is 7.10. The highest BCUT2D eigenvalue weighted by Crippen LogP contribution is 2.33. The van der Waals surface area contributed by atoms with Gasteiger partial charge in [-0.2, -0.15) is 0 Å². The van der Waals surface area contributed by atoms with Crippen LogP contribution in [-0.2, 0) is 17.6 Å². The van der Waals surface area contributed by atoms with Crippen molar-refractivity contribution in [3.63, 3.8) is 0 Å². The molecule has 0 bridgehead atoms. The van der Waals surface area contributed by atoms with Crippen molar-refractivity contribution in [2.24, 2.45) is 11.3 Å². The number of hydrogen-bond acceptors (Lipinski definition) is 4. The van der Waals surface area contributed by atoms with Crippen molar-refractivity contribution in [3.05, 3.63) is 21.4 Å². The third-order valence-corrected chi connectivity index (χ3v) is 6.53. The molecule has 6 heteroatoms. The first kappa shape index (κ1) is 19.7. The van der Waals surface area contributed by atoms with Gasteiger partial charge >= 0.3 is 0 Å². The lowest BCUT2D eigenvalue weighted by molar-refractivity contribution is 0.0512. The van der Waals surface area contributed by atoms with Crippen molar-refractivity contribution in [3.8, 4) is 0 Å². The van der Waals surface area contributed by atoms with Crippen LogP contribution in [0, 0.1) is 11.3 Å². The second-order valence-electron chi connectivity index (χ2n) is 7.27. The summed E-state index contributed by atoms with van der Waals surface area (Å²) in [5, 5.41) is 6.57. The Morgan fingerprint density at radius 1 is 1.46 bits per heavy atom. The predicted molar refractivity (Wildman–Crippen MR) is 102 cm³/mol. The first-order chi connectivity index (χ1) is 11.1. The highest BCUT2D eigenvalue weighted by atomic mass is 35.5. The van der Waals surface area contributed by atoms with Crippen molar-refractivity contribution in [2.75, 3.05) is 33.4 Å². The Balaban J connectivity index is 0.00000208. The molecule has 136 valence electrons. The quantitative estimate of drug-likeness (QED) is 0.835. The minimum atomic E-state index is 0. The highest BCUT2D eigenvalue weighted by molar-refractivity contribution is 7.14. The molecule has 1 amide bonds. The van der Waals surface area contributed by atoms with E-state index in [1.165, 1.54) is 16.9 Å². The number of amides is 1. The number of rotatable bonds is 5. The van der Waals surface area contributed by atoms with E-state index in [9.17, 15) is 4.79 Å². The zero-order valence-corrected chi connectivity index (χ0v) is 16.3. The zero-order valence-electron chi connectivity index (χ0n) is 14.7. The molecule has 0 aromatic carbocycles. The molecule has 1 atom stereocenters. The molecular weight excluding hydrogens is 344 g/mol. The van der Waals surface area contributed by atoms with Gasteiger partial charge in [-0.1, -0.05) is 6.92 Å². The van der Waals surface area contributed by atoms with Crippen LogP contribution in [0.3, 0.4) is 0 Å². The van der Waals surface area contributed by atoms with Gasteiger partial charge in [-0.25, -0.2) is 0 Å². The van der Waals surface area contributed by atoms with Gasteiger partial charge in [0.25, 0.3) is 5.91 Å². The summed E-state index contributed by atoms with van der Waals surface area (Å²) in [5.74, 6) is 0.832. The maximum absolute atomic E-state index is 12.6. The van der Waals surface area contributed by atoms with Crippen LogP contribution in [0.25, 0.3) is 0 Å². The molecule has 4 nitrogen and oxygen atoms in total. The Bertz CT molecular complexity index is 550. The number of carbonyl (C=O) groups is 1. The third-order valence-electron chi connectivity index (χ3n) is 5.29. The average molecular weight is 373 g/mol. The van der Waals surface area contributed by atoms with Crippen LogP contribution in [0.2, 0.25) is 0 Å². The van der Waals surface area contributed by atoms with Crippen molar-refractivity contribution in [2.45, 2.75) is 39.0 Å². The van der Waals surface area contributed by atoms with Crippen molar-refractivity contribution >= 4 is 29.7 Å². The van der Waals surface area contributed by atoms with Crippen LogP contribution in [0.1, 0.15) is 46.3 Å². The molecule has 2 aliphatic rings. The van der Waals surface area contributed by atoms with E-state index in [-0.39, 0.29) is 23.7 Å². The lowest BCUT2D eigenvalue weighted by atomic mass is 9.79. The van der Waals surface area contributed by atoms with Crippen LogP contribution < -0.4 is 10.6 Å². The largest absolute Gasteiger partial charge is 0.384 e. The molecule has 1 aliphatic heterocycles. The number of nitrogens with one attached hydrogen (secondary N) is 2. The molecule has 1 saturated heterocycles. The molecular formula is C18H29ClN2O2S. The molecule has 1 aliphatic carbocycles. The lowest BCUT2D eigenvalue weighted by Gasteiger charge is -2.37. The van der Waals surface area contributed by atoms with Crippen molar-refractivity contribution < 1.29 is 9.53 Å². The van der Waals surface area contributed by atoms with E-state index in [0.717, 1.165) is 49.6 Å². The number of methoxy groups -OCH3 is 1. The van der Waals surface area contributed by atoms with Crippen LogP contribution in [0.15, 0.2) is 6.07 Å². The second kappa shape index (κ2) is 8.65. The van der Waals surface area contributed by atoms with Gasteiger partial charge in [-0.05, 0) is 62.7 Å². The third kappa shape index (κ3) is 4.51. The number of thiophene rings is 1. The van der Waals surface area contributed by atoms with Crippen LogP contribution in [0.5, 0.6) is 0 Å². The molecule has 2 heterocycles. The smallest absolute Gasteiger partial charge is 0.261 e. The van der Waals surface area contributed by atoms with Crippen molar-refractivity contribution in [1.82, 2.24) is 10.6 Å². The topological polar surface area (TPSA) is 50.4 Å². The number of ether oxygens (including phenoxy) is 1. The summed E-state index contributed by atoms with van der Waals surface area (Å²) in [4.78, 5) is 14.9. The van der Waals surface area contributed by atoms with E-state index in [1.54, 1.807) is 18.4 Å². The van der Waals surface area contributed by atoms with Gasteiger partial charge in [-0.15, -0.1) is 23.7 Å². The van der Waals surface area contributed by atoms with Gasteiger partial charge in [0.05, 0.1) is 11.5 Å². The van der Waals surface area contributed by atoms with Gasteiger partial charge in [0, 0.05) is 23.9 Å². The number of hydrogen-bond donors (Lipinski definition) is 2. The monoisotopic (exact) mass is 372 g/mol. The maximum Gasteiger partial charge on any atom is 0.261 e. The fourth-order valence-electron chi connectivity index (χ4n) is 3.81. The molecule has 24 heavy (non-hydrogen) atoms. The number of piperidine rings is 1. The van der Waals surface area contributed by atoms with Gasteiger partial charge in [0.1, 0.15) is 0 Å². The van der Waals surface area contributed by atoms with E-state index < -0.39 is 0 Å². The summed E-state index contributed by atoms with van der Waals surface area (Å²) in [5.41, 5.74) is 1.48. The molecule has 0 spiro atoms. The molecule has 1 aromatic rings. The first-order valence-corrected chi connectivity index (χ1v) is 9.53. The fourth-order valence-corrected chi connectivity index (χ4v) is 4.93. The average Bonchev–Trinajstić information content (AvgIpc) is 2.97. The van der Waals surface area contributed by atoms with E-state index in [0.29, 0.717) is 13.2 Å². The van der Waals surface area contributed by atoms with E-state index in [1.807, 2.05) is 0 Å². The van der Waals surface area contributed by atoms with E-state index in [2.05, 4.69) is 23.6 Å². The summed E-state index contributed by atoms with van der Waals surface area (Å²) in [7, 11) is 1.75. The summed E-state index contributed by atoms with van der Waals surface area (Å²) >= 11 is 1.69. The second-order valence-corrected chi connectivity index (χ2v) is 8.41. The molecule has 2 N–H and O–H groups in total. The molecule has 1 unspecified atom stereocenters. The molecule has 1 fully saturated rings. The van der Waals surface area contributed by atoms with Crippen LogP contribution >= 0.6 is 23.7 Å².